The first-order valence-electron chi connectivity index (χ1n) is 12.0. The Balaban J connectivity index is 1.66. The van der Waals surface area contributed by atoms with E-state index in [-0.39, 0.29) is 24.8 Å². The SMILES string of the molecule is CC(C)N(CCCc1ccc(C2C(C(F)(F)F)CCCC2C(F)(F)F)cc1)Cc1ccccc1. The summed E-state index contributed by atoms with van der Waals surface area (Å²) in [6.45, 7) is 5.95. The molecule has 1 aliphatic carbocycles. The molecule has 2 aromatic rings. The van der Waals surface area contributed by atoms with Gasteiger partial charge < -0.3 is 0 Å². The van der Waals surface area contributed by atoms with Crippen molar-refractivity contribution in [1.82, 2.24) is 4.90 Å². The molecule has 0 saturated heterocycles. The number of hydrogen-bond donors (Lipinski definition) is 0. The zero-order chi connectivity index (χ0) is 24.9. The second kappa shape index (κ2) is 11.1. The van der Waals surface area contributed by atoms with Crippen LogP contribution in [0.25, 0.3) is 0 Å². The van der Waals surface area contributed by atoms with Gasteiger partial charge in [0.15, 0.2) is 0 Å². The second-order valence-electron chi connectivity index (χ2n) is 9.65. The van der Waals surface area contributed by atoms with Crippen LogP contribution >= 0.6 is 0 Å². The fraction of sp³-hybridized carbons (Fsp3) is 0.556. The summed E-state index contributed by atoms with van der Waals surface area (Å²) in [6.07, 6.45) is -8.29. The Morgan fingerprint density at radius 3 is 1.85 bits per heavy atom. The van der Waals surface area contributed by atoms with E-state index in [0.717, 1.165) is 25.1 Å². The number of rotatable bonds is 8. The number of aryl methyl sites for hydroxylation is 1. The standard InChI is InChI=1S/C27H33F6N/c1-19(2)34(18-21-8-4-3-5-9-21)17-7-10-20-13-15-22(16-14-20)25-23(26(28,29)30)11-6-12-24(25)27(31,32)33/h3-5,8-9,13-16,19,23-25H,6-7,10-12,17-18H2,1-2H3. The third-order valence-electron chi connectivity index (χ3n) is 6.97. The maximum atomic E-state index is 13.6. The highest BCUT2D eigenvalue weighted by molar-refractivity contribution is 5.28. The van der Waals surface area contributed by atoms with Crippen molar-refractivity contribution < 1.29 is 26.3 Å². The number of alkyl halides is 6. The molecule has 2 aromatic carbocycles. The van der Waals surface area contributed by atoms with Gasteiger partial charge in [0.2, 0.25) is 0 Å². The van der Waals surface area contributed by atoms with Gasteiger partial charge in [-0.2, -0.15) is 26.3 Å². The fourth-order valence-corrected chi connectivity index (χ4v) is 5.13. The molecule has 2 unspecified atom stereocenters. The van der Waals surface area contributed by atoms with Crippen molar-refractivity contribution in [2.75, 3.05) is 6.54 Å². The van der Waals surface area contributed by atoms with Crippen LogP contribution in [-0.2, 0) is 13.0 Å². The molecule has 0 aliphatic heterocycles. The number of hydrogen-bond acceptors (Lipinski definition) is 1. The van der Waals surface area contributed by atoms with Gasteiger partial charge in [0.25, 0.3) is 0 Å². The molecule has 188 valence electrons. The molecule has 3 rings (SSSR count). The lowest BCUT2D eigenvalue weighted by Gasteiger charge is -2.40. The number of benzene rings is 2. The number of halogens is 6. The van der Waals surface area contributed by atoms with Crippen molar-refractivity contribution in [3.63, 3.8) is 0 Å². The molecule has 0 heterocycles. The molecule has 0 N–H and O–H groups in total. The van der Waals surface area contributed by atoms with Gasteiger partial charge in [-0.25, -0.2) is 0 Å². The quantitative estimate of drug-likeness (QED) is 0.341. The van der Waals surface area contributed by atoms with Gasteiger partial charge in [-0.15, -0.1) is 0 Å². The maximum Gasteiger partial charge on any atom is 0.392 e. The molecule has 2 atom stereocenters. The van der Waals surface area contributed by atoms with Gasteiger partial charge in [0.1, 0.15) is 0 Å². The van der Waals surface area contributed by atoms with Crippen molar-refractivity contribution in [3.8, 4) is 0 Å². The minimum atomic E-state index is -4.65. The van der Waals surface area contributed by atoms with Crippen LogP contribution in [0.3, 0.4) is 0 Å². The molecule has 0 amide bonds. The normalized spacial score (nSPS) is 21.9. The topological polar surface area (TPSA) is 3.24 Å². The second-order valence-corrected chi connectivity index (χ2v) is 9.65. The average molecular weight is 486 g/mol. The van der Waals surface area contributed by atoms with Crippen molar-refractivity contribution >= 4 is 0 Å². The summed E-state index contributed by atoms with van der Waals surface area (Å²) >= 11 is 0. The van der Waals surface area contributed by atoms with Crippen LogP contribution in [0.5, 0.6) is 0 Å². The summed E-state index contributed by atoms with van der Waals surface area (Å²) in [5.41, 5.74) is 2.29. The van der Waals surface area contributed by atoms with Crippen molar-refractivity contribution in [2.45, 2.75) is 76.8 Å². The Kier molecular flexibility index (Phi) is 8.72. The summed E-state index contributed by atoms with van der Waals surface area (Å²) < 4.78 is 81.7. The average Bonchev–Trinajstić information content (AvgIpc) is 2.78. The molecule has 0 spiro atoms. The van der Waals surface area contributed by atoms with Gasteiger partial charge in [-0.3, -0.25) is 4.90 Å². The van der Waals surface area contributed by atoms with E-state index in [0.29, 0.717) is 12.5 Å². The van der Waals surface area contributed by atoms with E-state index in [1.807, 2.05) is 18.2 Å². The first-order valence-corrected chi connectivity index (χ1v) is 12.0. The molecular weight excluding hydrogens is 452 g/mol. The van der Waals surface area contributed by atoms with Crippen LogP contribution in [0.1, 0.15) is 62.1 Å². The Hall–Kier alpha value is -2.02. The minimum absolute atomic E-state index is 0.0573. The zero-order valence-corrected chi connectivity index (χ0v) is 19.7. The molecule has 1 fully saturated rings. The predicted molar refractivity (Wildman–Crippen MR) is 122 cm³/mol. The van der Waals surface area contributed by atoms with Crippen molar-refractivity contribution in [1.29, 1.82) is 0 Å². The van der Waals surface area contributed by atoms with E-state index >= 15 is 0 Å². The van der Waals surface area contributed by atoms with Crippen molar-refractivity contribution in [3.05, 3.63) is 71.3 Å². The summed E-state index contributed by atoms with van der Waals surface area (Å²) in [6, 6.07) is 16.9. The van der Waals surface area contributed by atoms with E-state index in [2.05, 4.69) is 30.9 Å². The van der Waals surface area contributed by atoms with Gasteiger partial charge >= 0.3 is 12.4 Å². The van der Waals surface area contributed by atoms with Gasteiger partial charge in [0, 0.05) is 18.5 Å². The fourth-order valence-electron chi connectivity index (χ4n) is 5.13. The van der Waals surface area contributed by atoms with E-state index in [1.54, 1.807) is 12.1 Å². The largest absolute Gasteiger partial charge is 0.392 e. The highest BCUT2D eigenvalue weighted by atomic mass is 19.4. The summed E-state index contributed by atoms with van der Waals surface area (Å²) in [5, 5.41) is 0. The van der Waals surface area contributed by atoms with Crippen LogP contribution in [0.15, 0.2) is 54.6 Å². The lowest BCUT2D eigenvalue weighted by Crippen LogP contribution is -2.42. The van der Waals surface area contributed by atoms with Crippen LogP contribution in [0, 0.1) is 11.8 Å². The molecule has 1 saturated carbocycles. The Bertz CT molecular complexity index is 851. The van der Waals surface area contributed by atoms with E-state index in [4.69, 9.17) is 0 Å². The summed E-state index contributed by atoms with van der Waals surface area (Å²) in [4.78, 5) is 2.35. The lowest BCUT2D eigenvalue weighted by atomic mass is 9.68. The monoisotopic (exact) mass is 485 g/mol. The molecular formula is C27H33F6N. The minimum Gasteiger partial charge on any atom is -0.297 e. The van der Waals surface area contributed by atoms with Crippen LogP contribution in [0.4, 0.5) is 26.3 Å². The van der Waals surface area contributed by atoms with Gasteiger partial charge in [0.05, 0.1) is 11.8 Å². The van der Waals surface area contributed by atoms with Gasteiger partial charge in [-0.1, -0.05) is 61.0 Å². The third-order valence-corrected chi connectivity index (χ3v) is 6.97. The summed E-state index contributed by atoms with van der Waals surface area (Å²) in [7, 11) is 0. The number of nitrogens with zero attached hydrogens (tertiary/aromatic N) is 1. The van der Waals surface area contributed by atoms with E-state index in [9.17, 15) is 26.3 Å². The molecule has 0 bridgehead atoms. The molecule has 34 heavy (non-hydrogen) atoms. The third kappa shape index (κ3) is 7.00. The van der Waals surface area contributed by atoms with Crippen molar-refractivity contribution in [2.24, 2.45) is 11.8 Å². The van der Waals surface area contributed by atoms with E-state index in [1.165, 1.54) is 17.7 Å². The summed E-state index contributed by atoms with van der Waals surface area (Å²) in [5.74, 6) is -5.50. The maximum absolute atomic E-state index is 13.6. The zero-order valence-electron chi connectivity index (χ0n) is 19.7. The first-order chi connectivity index (χ1) is 16.0. The van der Waals surface area contributed by atoms with Crippen LogP contribution in [0.2, 0.25) is 0 Å². The smallest absolute Gasteiger partial charge is 0.297 e. The van der Waals surface area contributed by atoms with Crippen LogP contribution in [-0.4, -0.2) is 29.8 Å². The van der Waals surface area contributed by atoms with Gasteiger partial charge in [-0.05, 0) is 62.8 Å². The predicted octanol–water partition coefficient (Wildman–Crippen LogP) is 8.15. The Morgan fingerprint density at radius 1 is 0.794 bits per heavy atom. The molecule has 0 aromatic heterocycles. The highest BCUT2D eigenvalue weighted by Gasteiger charge is 2.56. The molecule has 7 heteroatoms. The van der Waals surface area contributed by atoms with E-state index < -0.39 is 30.1 Å². The molecule has 0 radical (unpaired) electrons. The van der Waals surface area contributed by atoms with Crippen LogP contribution < -0.4 is 0 Å². The molecule has 1 aliphatic rings. The molecule has 1 nitrogen and oxygen atoms in total. The Morgan fingerprint density at radius 2 is 1.35 bits per heavy atom. The lowest BCUT2D eigenvalue weighted by molar-refractivity contribution is -0.231. The Labute approximate surface area is 198 Å². The first kappa shape index (κ1) is 26.6. The highest BCUT2D eigenvalue weighted by Crippen LogP contribution is 2.53.